The number of hydrogen-bond acceptors (Lipinski definition) is 2. The molecule has 0 heterocycles. The number of hydrogen-bond donors (Lipinski definition) is 0. The highest BCUT2D eigenvalue weighted by atomic mass is 16.1. The molecule has 2 heteroatoms. The molecule has 0 atom stereocenters. The third-order valence-electron chi connectivity index (χ3n) is 2.84. The van der Waals surface area contributed by atoms with Gasteiger partial charge in [0.25, 0.3) is 0 Å². The van der Waals surface area contributed by atoms with Crippen LogP contribution in [0.4, 0.5) is 0 Å². The van der Waals surface area contributed by atoms with Crippen molar-refractivity contribution in [3.8, 4) is 6.07 Å². The zero-order valence-electron chi connectivity index (χ0n) is 9.91. The van der Waals surface area contributed by atoms with Crippen molar-refractivity contribution in [2.45, 2.75) is 12.3 Å². The van der Waals surface area contributed by atoms with Crippen LogP contribution in [0.3, 0.4) is 0 Å². The van der Waals surface area contributed by atoms with Gasteiger partial charge in [-0.1, -0.05) is 60.7 Å². The average molecular weight is 235 g/mol. The number of Topliss-reactive ketones (excluding diaryl/α,β-unsaturated/α-hetero) is 1. The second-order valence-corrected chi connectivity index (χ2v) is 4.06. The summed E-state index contributed by atoms with van der Waals surface area (Å²) in [5, 5.41) is 8.71. The van der Waals surface area contributed by atoms with E-state index >= 15 is 0 Å². The van der Waals surface area contributed by atoms with E-state index in [1.165, 1.54) is 0 Å². The molecule has 2 aromatic rings. The van der Waals surface area contributed by atoms with Crippen molar-refractivity contribution in [2.75, 3.05) is 0 Å². The lowest BCUT2D eigenvalue weighted by Gasteiger charge is -2.15. The first-order valence-corrected chi connectivity index (χ1v) is 5.82. The number of carbonyl (C=O) groups excluding carboxylic acids is 1. The minimum absolute atomic E-state index is 0.0603. The highest BCUT2D eigenvalue weighted by Gasteiger charge is 2.21. The van der Waals surface area contributed by atoms with Crippen LogP contribution in [-0.2, 0) is 4.79 Å². The topological polar surface area (TPSA) is 40.9 Å². The predicted molar refractivity (Wildman–Crippen MR) is 70.0 cm³/mol. The van der Waals surface area contributed by atoms with Gasteiger partial charge in [0.2, 0.25) is 0 Å². The number of nitrogens with zero attached hydrogens (tertiary/aromatic N) is 1. The predicted octanol–water partition coefficient (Wildman–Crippen LogP) is 3.30. The van der Waals surface area contributed by atoms with E-state index in [0.29, 0.717) is 0 Å². The van der Waals surface area contributed by atoms with Gasteiger partial charge in [0.1, 0.15) is 0 Å². The SMILES string of the molecule is N#CCC(=O)C(c1ccccc1)c1ccccc1. The molecule has 2 nitrogen and oxygen atoms in total. The van der Waals surface area contributed by atoms with Crippen LogP contribution < -0.4 is 0 Å². The molecule has 88 valence electrons. The summed E-state index contributed by atoms with van der Waals surface area (Å²) in [5.74, 6) is -0.401. The Hall–Kier alpha value is -2.40. The van der Waals surface area contributed by atoms with E-state index in [4.69, 9.17) is 5.26 Å². The van der Waals surface area contributed by atoms with Crippen molar-refractivity contribution in [1.29, 1.82) is 5.26 Å². The van der Waals surface area contributed by atoms with Crippen LogP contribution in [-0.4, -0.2) is 5.78 Å². The fourth-order valence-corrected chi connectivity index (χ4v) is 2.04. The molecule has 2 aromatic carbocycles. The number of carbonyl (C=O) groups is 1. The average Bonchev–Trinajstić information content (AvgIpc) is 2.42. The van der Waals surface area contributed by atoms with Crippen LogP contribution in [0.5, 0.6) is 0 Å². The maximum absolute atomic E-state index is 12.1. The Morgan fingerprint density at radius 2 is 1.39 bits per heavy atom. The Labute approximate surface area is 107 Å². The van der Waals surface area contributed by atoms with Crippen molar-refractivity contribution < 1.29 is 4.79 Å². The van der Waals surface area contributed by atoms with Crippen LogP contribution in [0.15, 0.2) is 60.7 Å². The summed E-state index contributed by atoms with van der Waals surface area (Å²) in [4.78, 5) is 12.1. The van der Waals surface area contributed by atoms with E-state index in [-0.39, 0.29) is 18.1 Å². The summed E-state index contributed by atoms with van der Waals surface area (Å²) in [5.41, 5.74) is 1.87. The molecule has 0 aliphatic heterocycles. The summed E-state index contributed by atoms with van der Waals surface area (Å²) in [6, 6.07) is 21.1. The van der Waals surface area contributed by atoms with Crippen molar-refractivity contribution in [3.63, 3.8) is 0 Å². The van der Waals surface area contributed by atoms with Crippen molar-refractivity contribution in [1.82, 2.24) is 0 Å². The first kappa shape index (κ1) is 12.1. The first-order chi connectivity index (χ1) is 8.83. The van der Waals surface area contributed by atoms with Gasteiger partial charge in [-0.15, -0.1) is 0 Å². The lowest BCUT2D eigenvalue weighted by molar-refractivity contribution is -0.118. The minimum atomic E-state index is -0.341. The quantitative estimate of drug-likeness (QED) is 0.815. The molecule has 2 rings (SSSR count). The maximum Gasteiger partial charge on any atom is 0.158 e. The highest BCUT2D eigenvalue weighted by molar-refractivity contribution is 5.90. The molecule has 18 heavy (non-hydrogen) atoms. The van der Waals surface area contributed by atoms with Crippen LogP contribution in [0.1, 0.15) is 23.5 Å². The third-order valence-corrected chi connectivity index (χ3v) is 2.84. The van der Waals surface area contributed by atoms with Gasteiger partial charge >= 0.3 is 0 Å². The zero-order valence-corrected chi connectivity index (χ0v) is 9.91. The van der Waals surface area contributed by atoms with E-state index in [1.54, 1.807) is 0 Å². The molecule has 0 aliphatic rings. The number of ketones is 1. The normalized spacial score (nSPS) is 10.0. The summed E-state index contributed by atoms with van der Waals surface area (Å²) in [7, 11) is 0. The molecule has 0 saturated carbocycles. The molecule has 0 spiro atoms. The fraction of sp³-hybridized carbons (Fsp3) is 0.125. The van der Waals surface area contributed by atoms with Gasteiger partial charge in [-0.2, -0.15) is 5.26 Å². The van der Waals surface area contributed by atoms with E-state index in [9.17, 15) is 4.79 Å². The molecule has 0 saturated heterocycles. The molecule has 0 amide bonds. The van der Waals surface area contributed by atoms with Crippen molar-refractivity contribution in [2.24, 2.45) is 0 Å². The monoisotopic (exact) mass is 235 g/mol. The van der Waals surface area contributed by atoms with Crippen molar-refractivity contribution >= 4 is 5.78 Å². The Morgan fingerprint density at radius 3 is 1.78 bits per heavy atom. The Kier molecular flexibility index (Phi) is 3.88. The van der Waals surface area contributed by atoms with Crippen LogP contribution >= 0.6 is 0 Å². The smallest absolute Gasteiger partial charge is 0.158 e. The lowest BCUT2D eigenvalue weighted by atomic mass is 9.87. The first-order valence-electron chi connectivity index (χ1n) is 5.82. The van der Waals surface area contributed by atoms with Gasteiger partial charge in [0.05, 0.1) is 18.4 Å². The minimum Gasteiger partial charge on any atom is -0.297 e. The van der Waals surface area contributed by atoms with Crippen molar-refractivity contribution in [3.05, 3.63) is 71.8 Å². The van der Waals surface area contributed by atoms with Gasteiger partial charge in [0, 0.05) is 0 Å². The van der Waals surface area contributed by atoms with Gasteiger partial charge in [0.15, 0.2) is 5.78 Å². The number of nitriles is 1. The van der Waals surface area contributed by atoms with Gasteiger partial charge in [-0.05, 0) is 11.1 Å². The molecular weight excluding hydrogens is 222 g/mol. The van der Waals surface area contributed by atoms with Crippen LogP contribution in [0.2, 0.25) is 0 Å². The van der Waals surface area contributed by atoms with E-state index in [2.05, 4.69) is 0 Å². The zero-order chi connectivity index (χ0) is 12.8. The van der Waals surface area contributed by atoms with Crippen LogP contribution in [0.25, 0.3) is 0 Å². The van der Waals surface area contributed by atoms with Gasteiger partial charge in [-0.25, -0.2) is 0 Å². The largest absolute Gasteiger partial charge is 0.297 e. The summed E-state index contributed by atoms with van der Waals surface area (Å²) < 4.78 is 0. The second-order valence-electron chi connectivity index (χ2n) is 4.06. The molecule has 0 N–H and O–H groups in total. The molecule has 0 unspecified atom stereocenters. The second kappa shape index (κ2) is 5.79. The van der Waals surface area contributed by atoms with Crippen LogP contribution in [0, 0.1) is 11.3 Å². The molecule has 0 fully saturated rings. The Morgan fingerprint density at radius 1 is 0.944 bits per heavy atom. The molecular formula is C16H13NO. The molecule has 0 aliphatic carbocycles. The Bertz CT molecular complexity index is 515. The van der Waals surface area contributed by atoms with E-state index in [1.807, 2.05) is 66.7 Å². The lowest BCUT2D eigenvalue weighted by Crippen LogP contribution is -2.13. The maximum atomic E-state index is 12.1. The number of rotatable bonds is 4. The molecule has 0 aromatic heterocycles. The number of benzene rings is 2. The highest BCUT2D eigenvalue weighted by Crippen LogP contribution is 2.26. The summed E-state index contributed by atoms with van der Waals surface area (Å²) >= 11 is 0. The summed E-state index contributed by atoms with van der Waals surface area (Å²) in [6.07, 6.45) is -0.0611. The molecule has 0 radical (unpaired) electrons. The third kappa shape index (κ3) is 2.64. The Balaban J connectivity index is 2.42. The van der Waals surface area contributed by atoms with Gasteiger partial charge in [-0.3, -0.25) is 4.79 Å². The summed E-state index contributed by atoms with van der Waals surface area (Å²) in [6.45, 7) is 0. The van der Waals surface area contributed by atoms with Gasteiger partial charge < -0.3 is 0 Å². The molecule has 0 bridgehead atoms. The van der Waals surface area contributed by atoms with E-state index < -0.39 is 0 Å². The standard InChI is InChI=1S/C16H13NO/c17-12-11-15(18)16(13-7-3-1-4-8-13)14-9-5-2-6-10-14/h1-10,16H,11H2. The fourth-order valence-electron chi connectivity index (χ4n) is 2.04. The van der Waals surface area contributed by atoms with E-state index in [0.717, 1.165) is 11.1 Å².